The van der Waals surface area contributed by atoms with Crippen LogP contribution in [0.3, 0.4) is 0 Å². The van der Waals surface area contributed by atoms with E-state index in [1.54, 1.807) is 19.1 Å². The molecule has 0 spiro atoms. The Morgan fingerprint density at radius 1 is 1.33 bits per heavy atom. The van der Waals surface area contributed by atoms with Crippen molar-refractivity contribution in [3.63, 3.8) is 0 Å². The van der Waals surface area contributed by atoms with Gasteiger partial charge in [-0.15, -0.1) is 0 Å². The van der Waals surface area contributed by atoms with Crippen molar-refractivity contribution in [2.45, 2.75) is 39.2 Å². The lowest BCUT2D eigenvalue weighted by Gasteiger charge is -2.15. The van der Waals surface area contributed by atoms with Gasteiger partial charge in [-0.05, 0) is 30.9 Å². The molecule has 1 atom stereocenters. The van der Waals surface area contributed by atoms with Gasteiger partial charge in [0.2, 0.25) is 0 Å². The Morgan fingerprint density at radius 3 is 2.67 bits per heavy atom. The van der Waals surface area contributed by atoms with E-state index in [2.05, 4.69) is 0 Å². The highest BCUT2D eigenvalue weighted by atomic mass is 32.2. The van der Waals surface area contributed by atoms with E-state index in [1.807, 2.05) is 6.92 Å². The molecule has 0 aliphatic carbocycles. The Morgan fingerprint density at radius 2 is 2.05 bits per heavy atom. The fraction of sp³-hybridized carbons (Fsp3) is 0.600. The SMILES string of the molecule is CCC(N)Cc1cccc(F)c1OCCCS(=O)(=O)CC. The number of nitrogens with two attached hydrogens (primary N) is 1. The summed E-state index contributed by atoms with van der Waals surface area (Å²) in [7, 11) is -3.01. The Hall–Kier alpha value is -1.14. The maximum atomic E-state index is 13.8. The Kier molecular flexibility index (Phi) is 7.11. The molecule has 1 aromatic rings. The summed E-state index contributed by atoms with van der Waals surface area (Å²) in [5.74, 6) is -0.0742. The number of ether oxygens (including phenoxy) is 1. The van der Waals surface area contributed by atoms with E-state index >= 15 is 0 Å². The zero-order valence-electron chi connectivity index (χ0n) is 12.6. The largest absolute Gasteiger partial charge is 0.490 e. The second-order valence-electron chi connectivity index (χ2n) is 5.04. The number of rotatable bonds is 9. The minimum atomic E-state index is -3.01. The molecule has 120 valence electrons. The summed E-state index contributed by atoms with van der Waals surface area (Å²) in [4.78, 5) is 0. The van der Waals surface area contributed by atoms with Gasteiger partial charge in [0.15, 0.2) is 11.6 Å². The Balaban J connectivity index is 2.65. The zero-order chi connectivity index (χ0) is 15.9. The molecule has 0 saturated heterocycles. The van der Waals surface area contributed by atoms with E-state index in [4.69, 9.17) is 10.5 Å². The minimum Gasteiger partial charge on any atom is -0.490 e. The third-order valence-electron chi connectivity index (χ3n) is 3.34. The monoisotopic (exact) mass is 317 g/mol. The van der Waals surface area contributed by atoms with Crippen LogP contribution in [-0.2, 0) is 16.3 Å². The maximum Gasteiger partial charge on any atom is 0.165 e. The lowest BCUT2D eigenvalue weighted by Crippen LogP contribution is -2.22. The van der Waals surface area contributed by atoms with Gasteiger partial charge in [0.1, 0.15) is 9.84 Å². The summed E-state index contributed by atoms with van der Waals surface area (Å²) >= 11 is 0. The Bertz CT molecular complexity index is 546. The summed E-state index contributed by atoms with van der Waals surface area (Å²) < 4.78 is 42.1. The summed E-state index contributed by atoms with van der Waals surface area (Å²) in [6.07, 6.45) is 1.69. The standard InChI is InChI=1S/C15H24FNO3S/c1-3-13(17)11-12-7-5-8-14(16)15(12)20-9-6-10-21(18,19)4-2/h5,7-8,13H,3-4,6,9-11,17H2,1-2H3. The summed E-state index contributed by atoms with van der Waals surface area (Å²) in [6, 6.07) is 4.70. The molecular formula is C15H24FNO3S. The molecular weight excluding hydrogens is 293 g/mol. The first-order chi connectivity index (χ1) is 9.89. The van der Waals surface area contributed by atoms with Crippen LogP contribution in [0.25, 0.3) is 0 Å². The first-order valence-corrected chi connectivity index (χ1v) is 9.08. The summed E-state index contributed by atoms with van der Waals surface area (Å²) in [6.45, 7) is 3.76. The number of benzene rings is 1. The summed E-state index contributed by atoms with van der Waals surface area (Å²) in [5.41, 5.74) is 6.62. The van der Waals surface area contributed by atoms with Gasteiger partial charge in [0.25, 0.3) is 0 Å². The normalized spacial score (nSPS) is 13.1. The quantitative estimate of drug-likeness (QED) is 0.710. The van der Waals surface area contributed by atoms with Crippen LogP contribution in [-0.4, -0.2) is 32.6 Å². The molecule has 1 aromatic carbocycles. The second kappa shape index (κ2) is 8.34. The van der Waals surface area contributed by atoms with Crippen molar-refractivity contribution in [2.75, 3.05) is 18.1 Å². The van der Waals surface area contributed by atoms with Gasteiger partial charge in [-0.2, -0.15) is 0 Å². The van der Waals surface area contributed by atoms with Crippen LogP contribution in [0.5, 0.6) is 5.75 Å². The van der Waals surface area contributed by atoms with Gasteiger partial charge in [-0.3, -0.25) is 0 Å². The van der Waals surface area contributed by atoms with Crippen LogP contribution in [0.2, 0.25) is 0 Å². The molecule has 4 nitrogen and oxygen atoms in total. The van der Waals surface area contributed by atoms with Crippen molar-refractivity contribution in [1.29, 1.82) is 0 Å². The van der Waals surface area contributed by atoms with Crippen molar-refractivity contribution in [3.05, 3.63) is 29.6 Å². The third-order valence-corrected chi connectivity index (χ3v) is 5.13. The molecule has 2 N–H and O–H groups in total. The molecule has 0 saturated carbocycles. The van der Waals surface area contributed by atoms with E-state index in [0.717, 1.165) is 12.0 Å². The van der Waals surface area contributed by atoms with E-state index < -0.39 is 15.7 Å². The van der Waals surface area contributed by atoms with Gasteiger partial charge in [-0.1, -0.05) is 26.0 Å². The topological polar surface area (TPSA) is 69.4 Å². The highest BCUT2D eigenvalue weighted by molar-refractivity contribution is 7.91. The van der Waals surface area contributed by atoms with Gasteiger partial charge >= 0.3 is 0 Å². The predicted molar refractivity (Wildman–Crippen MR) is 82.8 cm³/mol. The average Bonchev–Trinajstić information content (AvgIpc) is 2.45. The fourth-order valence-corrected chi connectivity index (χ4v) is 2.75. The highest BCUT2D eigenvalue weighted by Crippen LogP contribution is 2.24. The number of halogens is 1. The first kappa shape index (κ1) is 17.9. The van der Waals surface area contributed by atoms with Crippen molar-refractivity contribution < 1.29 is 17.5 Å². The molecule has 0 heterocycles. The van der Waals surface area contributed by atoms with Crippen LogP contribution in [0.4, 0.5) is 4.39 Å². The van der Waals surface area contributed by atoms with E-state index in [1.165, 1.54) is 6.07 Å². The summed E-state index contributed by atoms with van der Waals surface area (Å²) in [5, 5.41) is 0. The number of para-hydroxylation sites is 1. The number of hydrogen-bond acceptors (Lipinski definition) is 4. The molecule has 0 radical (unpaired) electrons. The van der Waals surface area contributed by atoms with Crippen LogP contribution in [0, 0.1) is 5.82 Å². The molecule has 0 aliphatic heterocycles. The third kappa shape index (κ3) is 6.01. The Labute approximate surface area is 126 Å². The van der Waals surface area contributed by atoms with Crippen LogP contribution >= 0.6 is 0 Å². The van der Waals surface area contributed by atoms with Crippen LogP contribution in [0.15, 0.2) is 18.2 Å². The highest BCUT2D eigenvalue weighted by Gasteiger charge is 2.13. The molecule has 1 unspecified atom stereocenters. The lowest BCUT2D eigenvalue weighted by molar-refractivity contribution is 0.297. The first-order valence-electron chi connectivity index (χ1n) is 7.25. The van der Waals surface area contributed by atoms with Gasteiger partial charge in [0, 0.05) is 11.8 Å². The number of sulfone groups is 1. The van der Waals surface area contributed by atoms with Crippen molar-refractivity contribution in [1.82, 2.24) is 0 Å². The van der Waals surface area contributed by atoms with Crippen LogP contribution in [0.1, 0.15) is 32.3 Å². The molecule has 0 fully saturated rings. The maximum absolute atomic E-state index is 13.8. The molecule has 21 heavy (non-hydrogen) atoms. The van der Waals surface area contributed by atoms with E-state index in [0.29, 0.717) is 12.8 Å². The van der Waals surface area contributed by atoms with Gasteiger partial charge < -0.3 is 10.5 Å². The van der Waals surface area contributed by atoms with E-state index in [9.17, 15) is 12.8 Å². The van der Waals surface area contributed by atoms with Crippen molar-refractivity contribution >= 4 is 9.84 Å². The molecule has 0 amide bonds. The molecule has 1 rings (SSSR count). The minimum absolute atomic E-state index is 0.0466. The smallest absolute Gasteiger partial charge is 0.165 e. The van der Waals surface area contributed by atoms with Crippen molar-refractivity contribution in [3.8, 4) is 5.75 Å². The van der Waals surface area contributed by atoms with Gasteiger partial charge in [-0.25, -0.2) is 12.8 Å². The second-order valence-corrected chi connectivity index (χ2v) is 7.51. The molecule has 0 aliphatic rings. The fourth-order valence-electron chi connectivity index (χ4n) is 1.90. The molecule has 0 aromatic heterocycles. The molecule has 6 heteroatoms. The average molecular weight is 317 g/mol. The molecule has 0 bridgehead atoms. The van der Waals surface area contributed by atoms with E-state index in [-0.39, 0.29) is 29.9 Å². The lowest BCUT2D eigenvalue weighted by atomic mass is 10.0. The van der Waals surface area contributed by atoms with Crippen molar-refractivity contribution in [2.24, 2.45) is 5.73 Å². The van der Waals surface area contributed by atoms with Gasteiger partial charge in [0.05, 0.1) is 12.4 Å². The zero-order valence-corrected chi connectivity index (χ0v) is 13.5. The predicted octanol–water partition coefficient (Wildman–Crippen LogP) is 2.31. The van der Waals surface area contributed by atoms with Crippen LogP contribution < -0.4 is 10.5 Å². The number of hydrogen-bond donors (Lipinski definition) is 1.